The minimum Gasteiger partial charge on any atom is -0.434 e. The van der Waals surface area contributed by atoms with Gasteiger partial charge in [0.1, 0.15) is 11.6 Å². The predicted octanol–water partition coefficient (Wildman–Crippen LogP) is 3.37. The third-order valence-corrected chi connectivity index (χ3v) is 1.83. The molecular weight excluding hydrogens is 225 g/mol. The Hall–Kier alpha value is -1.10. The topological polar surface area (TPSA) is 9.23 Å². The van der Waals surface area contributed by atoms with Gasteiger partial charge < -0.3 is 4.74 Å². The maximum atomic E-state index is 13.2. The molecule has 0 N–H and O–H groups in total. The third-order valence-electron chi connectivity index (χ3n) is 1.62. The molecule has 0 fully saturated rings. The van der Waals surface area contributed by atoms with E-state index < -0.39 is 12.4 Å². The highest BCUT2D eigenvalue weighted by atomic mass is 32.1. The van der Waals surface area contributed by atoms with Gasteiger partial charge in [-0.15, -0.1) is 0 Å². The summed E-state index contributed by atoms with van der Waals surface area (Å²) in [4.78, 5) is 0. The van der Waals surface area contributed by atoms with Crippen LogP contribution < -0.4 is 4.74 Å². The maximum Gasteiger partial charge on any atom is 0.387 e. The molecule has 15 heavy (non-hydrogen) atoms. The average Bonchev–Trinajstić information content (AvgIpc) is 2.16. The molecular formula is C10H9F3OS. The van der Waals surface area contributed by atoms with Crippen molar-refractivity contribution < 1.29 is 17.9 Å². The summed E-state index contributed by atoms with van der Waals surface area (Å²) >= 11 is 3.89. The Morgan fingerprint density at radius 1 is 1.40 bits per heavy atom. The molecule has 0 aliphatic carbocycles. The largest absolute Gasteiger partial charge is 0.434 e. The maximum absolute atomic E-state index is 13.2. The van der Waals surface area contributed by atoms with Crippen LogP contribution in [0.5, 0.6) is 5.75 Å². The molecule has 0 aliphatic rings. The van der Waals surface area contributed by atoms with E-state index in [4.69, 9.17) is 0 Å². The Morgan fingerprint density at radius 2 is 2.13 bits per heavy atom. The summed E-state index contributed by atoms with van der Waals surface area (Å²) in [7, 11) is 0. The lowest BCUT2D eigenvalue weighted by Crippen LogP contribution is -2.04. The van der Waals surface area contributed by atoms with Crippen molar-refractivity contribution in [3.63, 3.8) is 0 Å². The monoisotopic (exact) mass is 234 g/mol. The van der Waals surface area contributed by atoms with Crippen LogP contribution in [0.4, 0.5) is 13.2 Å². The highest BCUT2D eigenvalue weighted by Gasteiger charge is 2.10. The number of thiol groups is 1. The fraction of sp³-hybridized carbons (Fsp3) is 0.200. The normalized spacial score (nSPS) is 11.3. The summed E-state index contributed by atoms with van der Waals surface area (Å²) in [5, 5.41) is 0. The average molecular weight is 234 g/mol. The van der Waals surface area contributed by atoms with E-state index in [9.17, 15) is 13.2 Å². The van der Waals surface area contributed by atoms with E-state index in [-0.39, 0.29) is 11.3 Å². The molecule has 0 saturated carbocycles. The van der Waals surface area contributed by atoms with Gasteiger partial charge in [0.2, 0.25) is 0 Å². The smallest absolute Gasteiger partial charge is 0.387 e. The second-order valence-electron chi connectivity index (χ2n) is 2.62. The van der Waals surface area contributed by atoms with E-state index in [1.807, 2.05) is 0 Å². The van der Waals surface area contributed by atoms with Gasteiger partial charge >= 0.3 is 6.61 Å². The molecule has 82 valence electrons. The van der Waals surface area contributed by atoms with Crippen molar-refractivity contribution in [1.82, 2.24) is 0 Å². The number of hydrogen-bond donors (Lipinski definition) is 1. The van der Waals surface area contributed by atoms with Gasteiger partial charge in [0.25, 0.3) is 0 Å². The van der Waals surface area contributed by atoms with Crippen molar-refractivity contribution in [2.24, 2.45) is 0 Å². The van der Waals surface area contributed by atoms with Crippen LogP contribution in [0.15, 0.2) is 24.3 Å². The van der Waals surface area contributed by atoms with Crippen molar-refractivity contribution in [1.29, 1.82) is 0 Å². The molecule has 1 rings (SSSR count). The summed E-state index contributed by atoms with van der Waals surface area (Å²) < 4.78 is 41.3. The van der Waals surface area contributed by atoms with Gasteiger partial charge in [0.05, 0.1) is 5.56 Å². The standard InChI is InChI=1S/C10H9F3OS/c11-8-4-1-5-9(14-10(12)13)7(8)3-2-6-15/h1-5,10,15H,6H2. The lowest BCUT2D eigenvalue weighted by atomic mass is 10.2. The first-order valence-electron chi connectivity index (χ1n) is 4.16. The number of alkyl halides is 2. The molecule has 0 radical (unpaired) electrons. The number of benzene rings is 1. The van der Waals surface area contributed by atoms with Crippen LogP contribution in [0.25, 0.3) is 6.08 Å². The van der Waals surface area contributed by atoms with Crippen LogP contribution in [0.1, 0.15) is 5.56 Å². The number of hydrogen-bond acceptors (Lipinski definition) is 2. The lowest BCUT2D eigenvalue weighted by molar-refractivity contribution is -0.0501. The molecule has 0 heterocycles. The van der Waals surface area contributed by atoms with Crippen molar-refractivity contribution >= 4 is 18.7 Å². The SMILES string of the molecule is Fc1cccc(OC(F)F)c1C=CCS. The first-order chi connectivity index (χ1) is 7.15. The fourth-order valence-corrected chi connectivity index (χ4v) is 1.15. The van der Waals surface area contributed by atoms with Gasteiger partial charge in [0, 0.05) is 5.75 Å². The molecule has 5 heteroatoms. The Bertz CT molecular complexity index is 353. The molecule has 0 bridgehead atoms. The second-order valence-corrected chi connectivity index (χ2v) is 2.98. The van der Waals surface area contributed by atoms with Crippen molar-refractivity contribution in [3.8, 4) is 5.75 Å². The summed E-state index contributed by atoms with van der Waals surface area (Å²) in [6.07, 6.45) is 2.90. The van der Waals surface area contributed by atoms with E-state index in [1.165, 1.54) is 24.3 Å². The first kappa shape index (κ1) is 12.0. The Labute approximate surface area is 91.0 Å². The summed E-state index contributed by atoms with van der Waals surface area (Å²) in [6.45, 7) is -2.96. The van der Waals surface area contributed by atoms with Crippen molar-refractivity contribution in [2.75, 3.05) is 5.75 Å². The van der Waals surface area contributed by atoms with E-state index in [2.05, 4.69) is 17.4 Å². The molecule has 0 aromatic heterocycles. The first-order valence-corrected chi connectivity index (χ1v) is 4.79. The van der Waals surface area contributed by atoms with E-state index in [0.717, 1.165) is 0 Å². The molecule has 1 nitrogen and oxygen atoms in total. The zero-order chi connectivity index (χ0) is 11.3. The minimum absolute atomic E-state index is 0.00634. The number of halogens is 3. The van der Waals surface area contributed by atoms with Crippen molar-refractivity contribution in [2.45, 2.75) is 6.61 Å². The van der Waals surface area contributed by atoms with Gasteiger partial charge in [-0.05, 0) is 12.1 Å². The van der Waals surface area contributed by atoms with Gasteiger partial charge in [-0.25, -0.2) is 4.39 Å². The zero-order valence-corrected chi connectivity index (χ0v) is 8.55. The molecule has 0 saturated heterocycles. The molecule has 0 unspecified atom stereocenters. The van der Waals surface area contributed by atoms with Gasteiger partial charge in [-0.3, -0.25) is 0 Å². The number of rotatable bonds is 4. The van der Waals surface area contributed by atoms with E-state index in [1.54, 1.807) is 6.08 Å². The molecule has 0 spiro atoms. The Kier molecular flexibility index (Phi) is 4.55. The molecule has 0 atom stereocenters. The van der Waals surface area contributed by atoms with Crippen LogP contribution in [0.3, 0.4) is 0 Å². The van der Waals surface area contributed by atoms with Crippen molar-refractivity contribution in [3.05, 3.63) is 35.7 Å². The Morgan fingerprint density at radius 3 is 2.73 bits per heavy atom. The predicted molar refractivity (Wildman–Crippen MR) is 55.9 cm³/mol. The fourth-order valence-electron chi connectivity index (χ4n) is 1.05. The highest BCUT2D eigenvalue weighted by Crippen LogP contribution is 2.24. The van der Waals surface area contributed by atoms with Crippen LogP contribution in [0.2, 0.25) is 0 Å². The van der Waals surface area contributed by atoms with Crippen LogP contribution in [-0.2, 0) is 0 Å². The molecule has 0 aliphatic heterocycles. The van der Waals surface area contributed by atoms with E-state index in [0.29, 0.717) is 5.75 Å². The summed E-state index contributed by atoms with van der Waals surface area (Å²) in [6, 6.07) is 3.77. The molecule has 1 aromatic rings. The summed E-state index contributed by atoms with van der Waals surface area (Å²) in [5.74, 6) is -0.392. The summed E-state index contributed by atoms with van der Waals surface area (Å²) in [5.41, 5.74) is 0.00634. The zero-order valence-electron chi connectivity index (χ0n) is 7.66. The third kappa shape index (κ3) is 3.51. The van der Waals surface area contributed by atoms with Gasteiger partial charge in [-0.2, -0.15) is 21.4 Å². The van der Waals surface area contributed by atoms with Crippen LogP contribution in [0, 0.1) is 5.82 Å². The molecule has 1 aromatic carbocycles. The quantitative estimate of drug-likeness (QED) is 0.786. The number of ether oxygens (including phenoxy) is 1. The second kappa shape index (κ2) is 5.70. The van der Waals surface area contributed by atoms with E-state index >= 15 is 0 Å². The minimum atomic E-state index is -2.96. The lowest BCUT2D eigenvalue weighted by Gasteiger charge is -2.08. The van der Waals surface area contributed by atoms with Gasteiger partial charge in [0.15, 0.2) is 0 Å². The van der Waals surface area contributed by atoms with Gasteiger partial charge in [-0.1, -0.05) is 18.2 Å². The highest BCUT2D eigenvalue weighted by molar-refractivity contribution is 7.80. The Balaban J connectivity index is 3.02. The van der Waals surface area contributed by atoms with Crippen LogP contribution in [-0.4, -0.2) is 12.4 Å². The van der Waals surface area contributed by atoms with Crippen LogP contribution >= 0.6 is 12.6 Å². The molecule has 0 amide bonds.